The van der Waals surface area contributed by atoms with Crippen molar-refractivity contribution < 1.29 is 9.47 Å². The van der Waals surface area contributed by atoms with Gasteiger partial charge in [-0.1, -0.05) is 99.3 Å². The van der Waals surface area contributed by atoms with Gasteiger partial charge >= 0.3 is 0 Å². The molecule has 0 aliphatic rings. The van der Waals surface area contributed by atoms with Gasteiger partial charge in [0, 0.05) is 24.9 Å². The Morgan fingerprint density at radius 3 is 1.65 bits per heavy atom. The summed E-state index contributed by atoms with van der Waals surface area (Å²) < 4.78 is 15.3. The summed E-state index contributed by atoms with van der Waals surface area (Å²) in [5.41, 5.74) is 2.43. The van der Waals surface area contributed by atoms with Crippen molar-refractivity contribution in [1.29, 1.82) is 5.26 Å². The fourth-order valence-corrected chi connectivity index (χ4v) is 5.80. The Labute approximate surface area is 296 Å². The van der Waals surface area contributed by atoms with E-state index < -0.39 is 0 Å². The van der Waals surface area contributed by atoms with Gasteiger partial charge in [-0.15, -0.1) is 15.3 Å². The van der Waals surface area contributed by atoms with Crippen LogP contribution in [0.4, 0.5) is 22.9 Å². The zero-order valence-corrected chi connectivity index (χ0v) is 31.0. The summed E-state index contributed by atoms with van der Waals surface area (Å²) in [6.45, 7) is 15.5. The molecule has 0 fully saturated rings. The third-order valence-electron chi connectivity index (χ3n) is 9.41. The summed E-state index contributed by atoms with van der Waals surface area (Å²) in [4.78, 5) is 0. The number of aromatic nitrogens is 1. The minimum absolute atomic E-state index is 0.440. The number of hydrogen-bond acceptors (Lipinski definition) is 7. The second-order valence-corrected chi connectivity index (χ2v) is 13.2. The van der Waals surface area contributed by atoms with E-state index in [2.05, 4.69) is 68.6 Å². The maximum absolute atomic E-state index is 9.21. The van der Waals surface area contributed by atoms with E-state index in [-0.39, 0.29) is 0 Å². The Hall–Kier alpha value is -3.99. The van der Waals surface area contributed by atoms with E-state index in [1.165, 1.54) is 32.1 Å². The summed E-state index contributed by atoms with van der Waals surface area (Å²) in [6, 6.07) is 17.1. The predicted octanol–water partition coefficient (Wildman–Crippen LogP) is 13.6. The first-order valence-electron chi connectivity index (χ1n) is 18.9. The first kappa shape index (κ1) is 39.4. The molecular formula is C41H60N6O2. The van der Waals surface area contributed by atoms with Crippen LogP contribution in [0.2, 0.25) is 0 Å². The Bertz CT molecular complexity index is 1460. The van der Waals surface area contributed by atoms with E-state index in [1.807, 2.05) is 24.3 Å². The minimum Gasteiger partial charge on any atom is -0.491 e. The van der Waals surface area contributed by atoms with Crippen LogP contribution in [0.25, 0.3) is 0 Å². The monoisotopic (exact) mass is 668 g/mol. The molecule has 3 atom stereocenters. The molecule has 3 rings (SSSR count). The Morgan fingerprint density at radius 2 is 1.16 bits per heavy atom. The molecule has 49 heavy (non-hydrogen) atoms. The highest BCUT2D eigenvalue weighted by Gasteiger charge is 2.17. The summed E-state index contributed by atoms with van der Waals surface area (Å²) in [5.74, 6) is 3.54. The van der Waals surface area contributed by atoms with Crippen LogP contribution in [0.1, 0.15) is 124 Å². The molecule has 0 spiro atoms. The van der Waals surface area contributed by atoms with Crippen molar-refractivity contribution >= 4 is 22.9 Å². The van der Waals surface area contributed by atoms with E-state index in [4.69, 9.17) is 19.7 Å². The van der Waals surface area contributed by atoms with Gasteiger partial charge in [-0.2, -0.15) is 10.4 Å². The number of azo groups is 2. The van der Waals surface area contributed by atoms with Crippen molar-refractivity contribution in [3.05, 3.63) is 60.3 Å². The number of ether oxygens (including phenoxy) is 2. The second kappa shape index (κ2) is 22.6. The van der Waals surface area contributed by atoms with Gasteiger partial charge in [0.2, 0.25) is 0 Å². The van der Waals surface area contributed by atoms with E-state index >= 15 is 0 Å². The fraction of sp³-hybridized carbons (Fsp3) is 0.585. The normalized spacial score (nSPS) is 13.5. The first-order valence-corrected chi connectivity index (χ1v) is 18.9. The molecule has 0 N–H and O–H groups in total. The lowest BCUT2D eigenvalue weighted by atomic mass is 9.99. The van der Waals surface area contributed by atoms with Gasteiger partial charge in [0.1, 0.15) is 22.9 Å². The van der Waals surface area contributed by atoms with Gasteiger partial charge in [0.05, 0.1) is 30.5 Å². The zero-order valence-electron chi connectivity index (χ0n) is 31.0. The fourth-order valence-electron chi connectivity index (χ4n) is 5.80. The van der Waals surface area contributed by atoms with E-state index in [0.717, 1.165) is 57.3 Å². The zero-order chi connectivity index (χ0) is 35.3. The smallest absolute Gasteiger partial charge is 0.155 e. The predicted molar refractivity (Wildman–Crippen MR) is 201 cm³/mol. The second-order valence-electron chi connectivity index (χ2n) is 13.2. The van der Waals surface area contributed by atoms with Crippen LogP contribution >= 0.6 is 0 Å². The molecule has 266 valence electrons. The standard InChI is InChI=1S/C41H60N6O2/c1-7-13-17-32(10-4)29-47-25-16-20-41(47)46-45-38-27-39(48-30-33(11-5)18-14-8-2)37(44-43-36-23-21-35(28-42)22-24-36)26-40(38)49-31-34(12-6)19-15-9-3/h16,20-27,32-34H,7-15,17-19,29-31H2,1-6H3. The van der Waals surface area contributed by atoms with Crippen LogP contribution in [-0.4, -0.2) is 17.8 Å². The molecule has 0 amide bonds. The lowest BCUT2D eigenvalue weighted by molar-refractivity contribution is 0.229. The molecule has 0 aliphatic heterocycles. The Morgan fingerprint density at radius 1 is 0.653 bits per heavy atom. The van der Waals surface area contributed by atoms with Crippen LogP contribution in [-0.2, 0) is 6.54 Å². The highest BCUT2D eigenvalue weighted by molar-refractivity contribution is 5.66. The minimum atomic E-state index is 0.440. The third kappa shape index (κ3) is 13.4. The van der Waals surface area contributed by atoms with Crippen LogP contribution in [0.3, 0.4) is 0 Å². The van der Waals surface area contributed by atoms with Crippen LogP contribution in [0.5, 0.6) is 11.5 Å². The maximum Gasteiger partial charge on any atom is 0.155 e. The van der Waals surface area contributed by atoms with Crippen molar-refractivity contribution in [2.45, 2.75) is 125 Å². The van der Waals surface area contributed by atoms with Crippen molar-refractivity contribution in [2.24, 2.45) is 38.2 Å². The number of benzene rings is 2. The van der Waals surface area contributed by atoms with Gasteiger partial charge in [-0.25, -0.2) is 0 Å². The van der Waals surface area contributed by atoms with Crippen LogP contribution in [0, 0.1) is 29.1 Å². The summed E-state index contributed by atoms with van der Waals surface area (Å²) >= 11 is 0. The highest BCUT2D eigenvalue weighted by atomic mass is 16.5. The van der Waals surface area contributed by atoms with E-state index in [1.54, 1.807) is 24.3 Å². The largest absolute Gasteiger partial charge is 0.491 e. The number of hydrogen-bond donors (Lipinski definition) is 0. The molecule has 1 heterocycles. The first-order chi connectivity index (χ1) is 24.0. The molecule has 0 bridgehead atoms. The Balaban J connectivity index is 2.03. The molecule has 0 radical (unpaired) electrons. The molecular weight excluding hydrogens is 608 g/mol. The lowest BCUT2D eigenvalue weighted by Crippen LogP contribution is -2.12. The average Bonchev–Trinajstić information content (AvgIpc) is 3.58. The average molecular weight is 669 g/mol. The van der Waals surface area contributed by atoms with Gasteiger partial charge in [0.15, 0.2) is 5.82 Å². The maximum atomic E-state index is 9.21. The van der Waals surface area contributed by atoms with Crippen LogP contribution < -0.4 is 9.47 Å². The summed E-state index contributed by atoms with van der Waals surface area (Å²) in [7, 11) is 0. The molecule has 0 aliphatic carbocycles. The number of rotatable bonds is 24. The van der Waals surface area contributed by atoms with Gasteiger partial charge in [0.25, 0.3) is 0 Å². The molecule has 8 nitrogen and oxygen atoms in total. The van der Waals surface area contributed by atoms with Crippen molar-refractivity contribution in [3.63, 3.8) is 0 Å². The molecule has 3 aromatic rings. The van der Waals surface area contributed by atoms with Gasteiger partial charge in [-0.3, -0.25) is 0 Å². The highest BCUT2D eigenvalue weighted by Crippen LogP contribution is 2.42. The number of nitriles is 1. The number of unbranched alkanes of at least 4 members (excludes halogenated alkanes) is 3. The quantitative estimate of drug-likeness (QED) is 0.0888. The molecule has 3 unspecified atom stereocenters. The lowest BCUT2D eigenvalue weighted by Gasteiger charge is -2.19. The topological polar surface area (TPSA) is 96.6 Å². The van der Waals surface area contributed by atoms with Gasteiger partial charge in [-0.05, 0) is 73.4 Å². The molecule has 1 aromatic heterocycles. The molecule has 0 saturated carbocycles. The van der Waals surface area contributed by atoms with E-state index in [9.17, 15) is 5.26 Å². The SMILES string of the molecule is CCCCC(CC)COc1cc(N=Nc2cccn2CC(CC)CCCC)c(OCC(CC)CCCC)cc1N=Nc1ccc(C#N)cc1. The van der Waals surface area contributed by atoms with Crippen molar-refractivity contribution in [2.75, 3.05) is 13.2 Å². The van der Waals surface area contributed by atoms with Crippen molar-refractivity contribution in [3.8, 4) is 17.6 Å². The molecule has 8 heteroatoms. The summed E-state index contributed by atoms with van der Waals surface area (Å²) in [5, 5.41) is 27.9. The summed E-state index contributed by atoms with van der Waals surface area (Å²) in [6.07, 6.45) is 15.9. The number of nitrogens with zero attached hydrogens (tertiary/aromatic N) is 6. The molecule has 0 saturated heterocycles. The Kier molecular flexibility index (Phi) is 18.2. The third-order valence-corrected chi connectivity index (χ3v) is 9.41. The van der Waals surface area contributed by atoms with Gasteiger partial charge < -0.3 is 14.0 Å². The van der Waals surface area contributed by atoms with Crippen LogP contribution in [0.15, 0.2) is 75.2 Å². The van der Waals surface area contributed by atoms with Crippen molar-refractivity contribution in [1.82, 2.24) is 4.57 Å². The van der Waals surface area contributed by atoms with E-state index in [0.29, 0.717) is 65.1 Å². The molecule has 2 aromatic carbocycles.